The number of rotatable bonds is 9. The molecular weight excluding hydrogens is 517 g/mol. The molecule has 2 N–H and O–H groups in total. The first-order valence-corrected chi connectivity index (χ1v) is 13.3. The monoisotopic (exact) mass is 532 g/mol. The highest BCUT2D eigenvalue weighted by Crippen LogP contribution is 2.32. The Labute approximate surface area is 209 Å². The summed E-state index contributed by atoms with van der Waals surface area (Å²) in [4.78, 5) is 39.6. The molecule has 0 fully saturated rings. The summed E-state index contributed by atoms with van der Waals surface area (Å²) in [5, 5.41) is 25.3. The molecule has 0 aliphatic carbocycles. The minimum atomic E-state index is -0.539. The first-order chi connectivity index (χ1) is 16.4. The Morgan fingerprint density at radius 1 is 1.00 bits per heavy atom. The molecule has 0 saturated heterocycles. The average Bonchev–Trinajstić information content (AvgIpc) is 3.41. The lowest BCUT2D eigenvalue weighted by molar-refractivity contribution is -0.383. The number of aryl methyl sites for hydroxylation is 1. The zero-order valence-electron chi connectivity index (χ0n) is 17.5. The van der Waals surface area contributed by atoms with Gasteiger partial charge in [-0.2, -0.15) is 0 Å². The van der Waals surface area contributed by atoms with Crippen LogP contribution in [0.1, 0.15) is 5.01 Å². The number of nitro benzene ring substituents is 1. The summed E-state index contributed by atoms with van der Waals surface area (Å²) in [5.74, 6) is -0.235. The van der Waals surface area contributed by atoms with Crippen LogP contribution in [0.15, 0.2) is 51.1 Å². The number of carbonyl (C=O) groups is 2. The van der Waals surface area contributed by atoms with Gasteiger partial charge in [-0.3, -0.25) is 19.7 Å². The molecule has 0 bridgehead atoms. The molecular formula is C20H16N6O4S4. The van der Waals surface area contributed by atoms with Gasteiger partial charge < -0.3 is 10.6 Å². The fourth-order valence-electron chi connectivity index (χ4n) is 2.76. The van der Waals surface area contributed by atoms with Crippen molar-refractivity contribution in [3.05, 3.63) is 57.6 Å². The number of amides is 2. The minimum Gasteiger partial charge on any atom is -0.325 e. The van der Waals surface area contributed by atoms with Crippen LogP contribution in [0.25, 0.3) is 10.2 Å². The number of aromatic nitrogens is 3. The van der Waals surface area contributed by atoms with Crippen LogP contribution < -0.4 is 10.6 Å². The van der Waals surface area contributed by atoms with Crippen LogP contribution in [0.3, 0.4) is 0 Å². The van der Waals surface area contributed by atoms with Crippen molar-refractivity contribution in [2.75, 3.05) is 22.1 Å². The normalized spacial score (nSPS) is 10.9. The van der Waals surface area contributed by atoms with Gasteiger partial charge in [-0.1, -0.05) is 47.0 Å². The van der Waals surface area contributed by atoms with Crippen LogP contribution in [0.5, 0.6) is 0 Å². The van der Waals surface area contributed by atoms with Crippen LogP contribution in [0.4, 0.5) is 17.1 Å². The highest BCUT2D eigenvalue weighted by Gasteiger charge is 2.16. The summed E-state index contributed by atoms with van der Waals surface area (Å²) in [6.45, 7) is 1.86. The number of nitro groups is 1. The van der Waals surface area contributed by atoms with Gasteiger partial charge in [0.15, 0.2) is 8.68 Å². The number of benzene rings is 2. The number of thioether (sulfide) groups is 2. The molecule has 174 valence electrons. The summed E-state index contributed by atoms with van der Waals surface area (Å²) >= 11 is 5.41. The number of hydrogen-bond donors (Lipinski definition) is 2. The summed E-state index contributed by atoms with van der Waals surface area (Å²) < 4.78 is 2.29. The van der Waals surface area contributed by atoms with Gasteiger partial charge in [0.2, 0.25) is 11.8 Å². The fraction of sp³-hybridized carbons (Fsp3) is 0.150. The van der Waals surface area contributed by atoms with E-state index in [0.29, 0.717) is 10.0 Å². The Morgan fingerprint density at radius 2 is 1.74 bits per heavy atom. The van der Waals surface area contributed by atoms with Gasteiger partial charge in [-0.05, 0) is 31.2 Å². The maximum Gasteiger partial charge on any atom is 0.292 e. The molecule has 10 nitrogen and oxygen atoms in total. The number of hydrogen-bond acceptors (Lipinski definition) is 11. The maximum atomic E-state index is 12.3. The molecule has 4 aromatic rings. The van der Waals surface area contributed by atoms with Gasteiger partial charge in [0.25, 0.3) is 5.69 Å². The smallest absolute Gasteiger partial charge is 0.292 e. The zero-order valence-corrected chi connectivity index (χ0v) is 20.8. The molecule has 0 unspecified atom stereocenters. The topological polar surface area (TPSA) is 140 Å². The van der Waals surface area contributed by atoms with Crippen molar-refractivity contribution in [1.82, 2.24) is 15.2 Å². The molecule has 0 atom stereocenters. The first-order valence-electron chi connectivity index (χ1n) is 9.67. The number of nitrogens with one attached hydrogen (secondary N) is 2. The van der Waals surface area contributed by atoms with Crippen LogP contribution in [0.2, 0.25) is 0 Å². The Balaban J connectivity index is 1.32. The van der Waals surface area contributed by atoms with Gasteiger partial charge >= 0.3 is 0 Å². The number of nitrogens with zero attached hydrogens (tertiary/aromatic N) is 4. The van der Waals surface area contributed by atoms with Crippen molar-refractivity contribution in [2.45, 2.75) is 15.6 Å². The second kappa shape index (κ2) is 10.9. The Morgan fingerprint density at radius 3 is 2.47 bits per heavy atom. The second-order valence-electron chi connectivity index (χ2n) is 6.70. The van der Waals surface area contributed by atoms with E-state index in [1.165, 1.54) is 58.3 Å². The van der Waals surface area contributed by atoms with E-state index < -0.39 is 4.92 Å². The van der Waals surface area contributed by atoms with Gasteiger partial charge in [0.1, 0.15) is 10.7 Å². The third kappa shape index (κ3) is 6.28. The van der Waals surface area contributed by atoms with Crippen molar-refractivity contribution in [3.63, 3.8) is 0 Å². The number of fused-ring (bicyclic) bond motifs is 1. The highest BCUT2D eigenvalue weighted by molar-refractivity contribution is 8.02. The van der Waals surface area contributed by atoms with E-state index >= 15 is 0 Å². The summed E-state index contributed by atoms with van der Waals surface area (Å²) in [5.41, 5.74) is 1.40. The molecule has 2 heterocycles. The molecule has 34 heavy (non-hydrogen) atoms. The van der Waals surface area contributed by atoms with E-state index in [4.69, 9.17) is 0 Å². The summed E-state index contributed by atoms with van der Waals surface area (Å²) in [7, 11) is 0. The molecule has 0 saturated carbocycles. The third-order valence-corrected chi connectivity index (χ3v) is 8.32. The number of anilines is 2. The quantitative estimate of drug-likeness (QED) is 0.176. The highest BCUT2D eigenvalue weighted by atomic mass is 32.2. The zero-order chi connectivity index (χ0) is 24.1. The number of carbonyl (C=O) groups excluding carboxylic acids is 2. The number of thiazole rings is 1. The average molecular weight is 533 g/mol. The van der Waals surface area contributed by atoms with E-state index in [-0.39, 0.29) is 34.7 Å². The third-order valence-electron chi connectivity index (χ3n) is 4.19. The number of para-hydroxylation sites is 2. The Kier molecular flexibility index (Phi) is 7.72. The van der Waals surface area contributed by atoms with E-state index in [9.17, 15) is 19.7 Å². The van der Waals surface area contributed by atoms with Crippen molar-refractivity contribution in [2.24, 2.45) is 0 Å². The first kappa shape index (κ1) is 24.1. The molecule has 0 aliphatic rings. The molecule has 2 aromatic heterocycles. The predicted octanol–water partition coefficient (Wildman–Crippen LogP) is 4.83. The van der Waals surface area contributed by atoms with Crippen molar-refractivity contribution in [3.8, 4) is 0 Å². The molecule has 0 aliphatic heterocycles. The van der Waals surface area contributed by atoms with E-state index in [1.807, 2.05) is 13.0 Å². The van der Waals surface area contributed by atoms with Crippen molar-refractivity contribution in [1.29, 1.82) is 0 Å². The second-order valence-corrected chi connectivity index (χ2v) is 11.4. The lowest BCUT2D eigenvalue weighted by Crippen LogP contribution is -2.15. The lowest BCUT2D eigenvalue weighted by Gasteiger charge is -2.04. The molecule has 2 aromatic carbocycles. The fourth-order valence-corrected chi connectivity index (χ4v) is 6.28. The van der Waals surface area contributed by atoms with Crippen LogP contribution in [-0.4, -0.2) is 43.4 Å². The van der Waals surface area contributed by atoms with Gasteiger partial charge in [-0.25, -0.2) is 4.98 Å². The van der Waals surface area contributed by atoms with Crippen LogP contribution in [0, 0.1) is 17.0 Å². The molecule has 2 amide bonds. The van der Waals surface area contributed by atoms with Crippen molar-refractivity contribution >= 4 is 85.3 Å². The Bertz CT molecular complexity index is 1370. The summed E-state index contributed by atoms with van der Waals surface area (Å²) in [6, 6.07) is 11.4. The van der Waals surface area contributed by atoms with Crippen molar-refractivity contribution < 1.29 is 14.5 Å². The van der Waals surface area contributed by atoms with Gasteiger partial charge in [0, 0.05) is 11.8 Å². The predicted molar refractivity (Wildman–Crippen MR) is 136 cm³/mol. The lowest BCUT2D eigenvalue weighted by atomic mass is 10.2. The van der Waals surface area contributed by atoms with E-state index in [0.717, 1.165) is 19.6 Å². The largest absolute Gasteiger partial charge is 0.325 e. The van der Waals surface area contributed by atoms with E-state index in [2.05, 4.69) is 25.8 Å². The molecule has 0 radical (unpaired) electrons. The molecule has 0 spiro atoms. The SMILES string of the molecule is Cc1nnc(SCC(=O)Nc2ccc3nc(SCC(=O)Nc4ccccc4[N+](=O)[O-])sc3c2)s1. The van der Waals surface area contributed by atoms with Gasteiger partial charge in [0.05, 0.1) is 26.6 Å². The van der Waals surface area contributed by atoms with Crippen LogP contribution >= 0.6 is 46.2 Å². The van der Waals surface area contributed by atoms with E-state index in [1.54, 1.807) is 24.3 Å². The minimum absolute atomic E-state index is 0.0533. The van der Waals surface area contributed by atoms with Gasteiger partial charge in [-0.15, -0.1) is 21.5 Å². The molecule has 4 rings (SSSR count). The summed E-state index contributed by atoms with van der Waals surface area (Å²) in [6.07, 6.45) is 0. The van der Waals surface area contributed by atoms with Crippen LogP contribution in [-0.2, 0) is 9.59 Å². The Hall–Kier alpha value is -3.07. The maximum absolute atomic E-state index is 12.3. The standard InChI is InChI=1S/C20H16N6O4S4/c1-11-24-25-20(33-11)32-9-17(27)21-12-6-7-14-16(8-12)34-19(23-14)31-10-18(28)22-13-4-2-3-5-15(13)26(29)30/h2-8H,9-10H2,1H3,(H,21,27)(H,22,28). The molecule has 14 heteroatoms.